The first-order valence-electron chi connectivity index (χ1n) is 4.47. The van der Waals surface area contributed by atoms with Crippen LogP contribution in [0.15, 0.2) is 30.6 Å². The fourth-order valence-electron chi connectivity index (χ4n) is 0.979. The zero-order chi connectivity index (χ0) is 11.8. The number of carbonyl (C=O) groups excluding carboxylic acids is 1. The number of pyridine rings is 1. The van der Waals surface area contributed by atoms with E-state index in [2.05, 4.69) is 9.72 Å². The van der Waals surface area contributed by atoms with Crippen molar-refractivity contribution in [3.05, 3.63) is 36.2 Å². The molecule has 1 aromatic rings. The highest BCUT2D eigenvalue weighted by Gasteiger charge is 2.06. The number of esters is 1. The highest BCUT2D eigenvalue weighted by Crippen LogP contribution is 2.14. The van der Waals surface area contributed by atoms with Gasteiger partial charge in [-0.25, -0.2) is 4.79 Å². The van der Waals surface area contributed by atoms with E-state index in [0.717, 1.165) is 0 Å². The molecule has 0 atom stereocenters. The van der Waals surface area contributed by atoms with Gasteiger partial charge in [0.15, 0.2) is 6.61 Å². The first kappa shape index (κ1) is 11.7. The van der Waals surface area contributed by atoms with E-state index in [0.29, 0.717) is 11.3 Å². The predicted molar refractivity (Wildman–Crippen MR) is 55.8 cm³/mol. The summed E-state index contributed by atoms with van der Waals surface area (Å²) in [5.41, 5.74) is 0.681. The number of rotatable bonds is 4. The maximum atomic E-state index is 10.9. The van der Waals surface area contributed by atoms with Gasteiger partial charge in [0, 0.05) is 18.0 Å². The van der Waals surface area contributed by atoms with Crippen molar-refractivity contribution in [3.8, 4) is 6.07 Å². The summed E-state index contributed by atoms with van der Waals surface area (Å²) in [6, 6.07) is 5.21. The third-order valence-electron chi connectivity index (χ3n) is 1.73. The van der Waals surface area contributed by atoms with Gasteiger partial charge >= 0.3 is 5.97 Å². The Morgan fingerprint density at radius 3 is 2.81 bits per heavy atom. The van der Waals surface area contributed by atoms with Crippen LogP contribution in [0.3, 0.4) is 0 Å². The van der Waals surface area contributed by atoms with Crippen LogP contribution in [0.1, 0.15) is 5.56 Å². The molecule has 0 aliphatic carbocycles. The van der Waals surface area contributed by atoms with Crippen LogP contribution >= 0.6 is 0 Å². The van der Waals surface area contributed by atoms with Gasteiger partial charge in [0.05, 0.1) is 19.3 Å². The second kappa shape index (κ2) is 6.19. The lowest BCUT2D eigenvalue weighted by Crippen LogP contribution is -2.09. The molecule has 1 heterocycles. The second-order valence-corrected chi connectivity index (χ2v) is 2.74. The second-order valence-electron chi connectivity index (χ2n) is 2.74. The lowest BCUT2D eigenvalue weighted by Gasteiger charge is -2.07. The molecule has 16 heavy (non-hydrogen) atoms. The summed E-state index contributed by atoms with van der Waals surface area (Å²) in [6.07, 6.45) is 4.36. The van der Waals surface area contributed by atoms with E-state index in [4.69, 9.17) is 10.00 Å². The van der Waals surface area contributed by atoms with Crippen molar-refractivity contribution in [1.82, 2.24) is 4.98 Å². The van der Waals surface area contributed by atoms with Crippen molar-refractivity contribution >= 4 is 11.7 Å². The van der Waals surface area contributed by atoms with Crippen LogP contribution in [-0.4, -0.2) is 24.7 Å². The molecule has 0 aliphatic heterocycles. The highest BCUT2D eigenvalue weighted by atomic mass is 16.6. The number of methoxy groups -OCH3 is 1. The third-order valence-corrected chi connectivity index (χ3v) is 1.73. The Labute approximate surface area is 92.9 Å². The molecule has 5 heteroatoms. The lowest BCUT2D eigenvalue weighted by molar-refractivity contribution is -0.143. The largest absolute Gasteiger partial charge is 0.481 e. The standard InChI is InChI=1S/C11H10N2O3/c1-15-11(14)8-16-10(2-5-12)9-3-6-13-7-4-9/h2-4,6-7H,8H2,1H3/b10-2-. The first-order valence-corrected chi connectivity index (χ1v) is 4.47. The minimum Gasteiger partial charge on any atom is -0.481 e. The van der Waals surface area contributed by atoms with Gasteiger partial charge in [0.1, 0.15) is 5.76 Å². The minimum atomic E-state index is -0.502. The van der Waals surface area contributed by atoms with Crippen LogP contribution in [0.4, 0.5) is 0 Å². The SMILES string of the molecule is COC(=O)CO/C(=C\C#N)c1ccncc1. The van der Waals surface area contributed by atoms with Gasteiger partial charge < -0.3 is 9.47 Å². The van der Waals surface area contributed by atoms with Crippen molar-refractivity contribution in [2.45, 2.75) is 0 Å². The van der Waals surface area contributed by atoms with E-state index in [9.17, 15) is 4.79 Å². The summed E-state index contributed by atoms with van der Waals surface area (Å²) < 4.78 is 9.59. The average molecular weight is 218 g/mol. The van der Waals surface area contributed by atoms with Crippen LogP contribution in [0, 0.1) is 11.3 Å². The molecular weight excluding hydrogens is 208 g/mol. The molecule has 0 aliphatic rings. The normalized spacial score (nSPS) is 10.4. The van der Waals surface area contributed by atoms with Crippen LogP contribution < -0.4 is 0 Å². The monoisotopic (exact) mass is 218 g/mol. The quantitative estimate of drug-likeness (QED) is 0.430. The molecule has 1 rings (SSSR count). The van der Waals surface area contributed by atoms with E-state index in [1.165, 1.54) is 13.2 Å². The Balaban J connectivity index is 2.75. The highest BCUT2D eigenvalue weighted by molar-refractivity contribution is 5.72. The van der Waals surface area contributed by atoms with Crippen LogP contribution in [0.2, 0.25) is 0 Å². The first-order chi connectivity index (χ1) is 7.77. The van der Waals surface area contributed by atoms with Gasteiger partial charge in [0.25, 0.3) is 0 Å². The van der Waals surface area contributed by atoms with Crippen LogP contribution in [0.5, 0.6) is 0 Å². The van der Waals surface area contributed by atoms with E-state index >= 15 is 0 Å². The molecule has 0 fully saturated rings. The predicted octanol–water partition coefficient (Wildman–Crippen LogP) is 1.14. The minimum absolute atomic E-state index is 0.230. The summed E-state index contributed by atoms with van der Waals surface area (Å²) in [5, 5.41) is 8.58. The molecule has 0 spiro atoms. The van der Waals surface area contributed by atoms with Crippen LogP contribution in [0.25, 0.3) is 5.76 Å². The maximum absolute atomic E-state index is 10.9. The Morgan fingerprint density at radius 2 is 2.25 bits per heavy atom. The number of nitriles is 1. The van der Waals surface area contributed by atoms with Crippen molar-refractivity contribution in [2.75, 3.05) is 13.7 Å². The molecule has 0 bridgehead atoms. The molecule has 0 amide bonds. The van der Waals surface area contributed by atoms with E-state index < -0.39 is 5.97 Å². The van der Waals surface area contributed by atoms with E-state index in [-0.39, 0.29) is 6.61 Å². The zero-order valence-corrected chi connectivity index (χ0v) is 8.71. The third kappa shape index (κ3) is 3.42. The summed E-state index contributed by atoms with van der Waals surface area (Å²) in [5.74, 6) is -0.187. The van der Waals surface area contributed by atoms with Gasteiger partial charge in [-0.3, -0.25) is 4.98 Å². The molecule has 0 saturated carbocycles. The van der Waals surface area contributed by atoms with Crippen molar-refractivity contribution in [1.29, 1.82) is 5.26 Å². The van der Waals surface area contributed by atoms with Gasteiger partial charge in [0.2, 0.25) is 0 Å². The van der Waals surface area contributed by atoms with Gasteiger partial charge in [-0.1, -0.05) is 0 Å². The van der Waals surface area contributed by atoms with E-state index in [1.54, 1.807) is 24.5 Å². The maximum Gasteiger partial charge on any atom is 0.343 e. The van der Waals surface area contributed by atoms with Crippen LogP contribution in [-0.2, 0) is 14.3 Å². The number of nitrogens with zero attached hydrogens (tertiary/aromatic N) is 2. The Hall–Kier alpha value is -2.35. The number of allylic oxidation sites excluding steroid dienone is 1. The Kier molecular flexibility index (Phi) is 4.54. The van der Waals surface area contributed by atoms with Gasteiger partial charge in [-0.15, -0.1) is 0 Å². The molecule has 0 radical (unpaired) electrons. The Bertz CT molecular complexity index is 421. The number of hydrogen-bond acceptors (Lipinski definition) is 5. The number of hydrogen-bond donors (Lipinski definition) is 0. The fraction of sp³-hybridized carbons (Fsp3) is 0.182. The summed E-state index contributed by atoms with van der Waals surface area (Å²) >= 11 is 0. The average Bonchev–Trinajstić information content (AvgIpc) is 2.35. The summed E-state index contributed by atoms with van der Waals surface area (Å²) in [6.45, 7) is -0.230. The molecule has 0 saturated heterocycles. The fourth-order valence-corrected chi connectivity index (χ4v) is 0.979. The van der Waals surface area contributed by atoms with Gasteiger partial charge in [-0.2, -0.15) is 5.26 Å². The molecule has 5 nitrogen and oxygen atoms in total. The molecule has 0 aromatic carbocycles. The topological polar surface area (TPSA) is 72.2 Å². The smallest absolute Gasteiger partial charge is 0.343 e. The van der Waals surface area contributed by atoms with Crippen molar-refractivity contribution in [2.24, 2.45) is 0 Å². The van der Waals surface area contributed by atoms with Gasteiger partial charge in [-0.05, 0) is 12.1 Å². The number of ether oxygens (including phenoxy) is 2. The Morgan fingerprint density at radius 1 is 1.56 bits per heavy atom. The number of carbonyl (C=O) groups is 1. The summed E-state index contributed by atoms with van der Waals surface area (Å²) in [7, 11) is 1.27. The lowest BCUT2D eigenvalue weighted by atomic mass is 10.2. The molecule has 0 unspecified atom stereocenters. The molecule has 0 N–H and O–H groups in total. The van der Waals surface area contributed by atoms with Crippen molar-refractivity contribution < 1.29 is 14.3 Å². The van der Waals surface area contributed by atoms with E-state index in [1.807, 2.05) is 6.07 Å². The summed E-state index contributed by atoms with van der Waals surface area (Å²) in [4.78, 5) is 14.7. The molecule has 1 aromatic heterocycles. The zero-order valence-electron chi connectivity index (χ0n) is 8.71. The molecular formula is C11H10N2O3. The number of aromatic nitrogens is 1. The molecule has 82 valence electrons. The van der Waals surface area contributed by atoms with Crippen molar-refractivity contribution in [3.63, 3.8) is 0 Å².